The van der Waals surface area contributed by atoms with Gasteiger partial charge in [0.15, 0.2) is 0 Å². The van der Waals surface area contributed by atoms with E-state index in [1.54, 1.807) is 6.07 Å². The van der Waals surface area contributed by atoms with Crippen LogP contribution < -0.4 is 0 Å². The third-order valence-corrected chi connectivity index (χ3v) is 4.28. The van der Waals surface area contributed by atoms with Crippen molar-refractivity contribution >= 4 is 17.5 Å². The Morgan fingerprint density at radius 3 is 2.32 bits per heavy atom. The highest BCUT2D eigenvalue weighted by molar-refractivity contribution is 7.99. The molecule has 0 heterocycles. The van der Waals surface area contributed by atoms with Gasteiger partial charge in [-0.15, -0.1) is 0 Å². The predicted molar refractivity (Wildman–Crippen MR) is 88.6 cm³/mol. The fraction of sp³-hybridized carbons (Fsp3) is 0. The van der Waals surface area contributed by atoms with Gasteiger partial charge in [0.1, 0.15) is 5.82 Å². The van der Waals surface area contributed by atoms with Crippen molar-refractivity contribution in [2.24, 2.45) is 0 Å². The summed E-state index contributed by atoms with van der Waals surface area (Å²) in [6.45, 7) is 0. The molecule has 0 amide bonds. The smallest absolute Gasteiger partial charge is 0.273 e. The average Bonchev–Trinajstić information content (AvgIpc) is 2.56. The maximum atomic E-state index is 13.3. The van der Waals surface area contributed by atoms with Crippen molar-refractivity contribution in [3.05, 3.63) is 95.8 Å². The first kappa shape index (κ1) is 14.5. The first-order valence-electron chi connectivity index (χ1n) is 6.88. The Hall–Kier alpha value is -2.39. The van der Waals surface area contributed by atoms with E-state index < -0.39 is 0 Å². The van der Waals surface area contributed by atoms with Crippen LogP contribution >= 0.6 is 11.8 Å². The molecule has 3 aromatic carbocycles. The molecule has 0 fully saturated rings. The van der Waals surface area contributed by atoms with Crippen molar-refractivity contribution in [2.75, 3.05) is 0 Å². The Morgan fingerprint density at radius 2 is 1.55 bits per heavy atom. The van der Waals surface area contributed by atoms with E-state index in [0.29, 0.717) is 0 Å². The second kappa shape index (κ2) is 6.58. The van der Waals surface area contributed by atoms with E-state index in [-0.39, 0.29) is 11.6 Å². The van der Waals surface area contributed by atoms with Crippen LogP contribution in [0.15, 0.2) is 88.7 Å². The third kappa shape index (κ3) is 3.26. The minimum atomic E-state index is -0.265. The molecule has 1 N–H and O–H groups in total. The van der Waals surface area contributed by atoms with Crippen LogP contribution in [0.2, 0.25) is 0 Å². The lowest BCUT2D eigenvalue weighted by atomic mass is 10.0. The standard InChI is InChI=1S/C19H13FOS/c20-15-9-6-10-16(13-15)22-18-12-5-4-11-17(18)19(21)14-7-2-1-3-8-14/h1-13H/p+1. The maximum Gasteiger partial charge on any atom is 0.355 e. The second-order valence-corrected chi connectivity index (χ2v) is 5.89. The van der Waals surface area contributed by atoms with Gasteiger partial charge in [-0.25, -0.2) is 4.39 Å². The topological polar surface area (TPSA) is 21.4 Å². The molecule has 0 saturated heterocycles. The highest BCUT2D eigenvalue weighted by Gasteiger charge is 2.19. The van der Waals surface area contributed by atoms with Crippen molar-refractivity contribution in [1.29, 1.82) is 0 Å². The molecule has 0 radical (unpaired) electrons. The van der Waals surface area contributed by atoms with Crippen molar-refractivity contribution in [3.63, 3.8) is 0 Å². The molecule has 1 nitrogen and oxygen atoms in total. The summed E-state index contributed by atoms with van der Waals surface area (Å²) < 4.78 is 13.3. The predicted octanol–water partition coefficient (Wildman–Crippen LogP) is 4.92. The van der Waals surface area contributed by atoms with E-state index >= 15 is 0 Å². The first-order valence-corrected chi connectivity index (χ1v) is 7.70. The van der Waals surface area contributed by atoms with Crippen LogP contribution in [0, 0.1) is 5.82 Å². The fourth-order valence-electron chi connectivity index (χ4n) is 2.16. The van der Waals surface area contributed by atoms with Gasteiger partial charge in [-0.3, -0.25) is 4.79 Å². The highest BCUT2D eigenvalue weighted by atomic mass is 32.2. The van der Waals surface area contributed by atoms with Gasteiger partial charge in [-0.1, -0.05) is 48.2 Å². The first-order chi connectivity index (χ1) is 10.7. The Labute approximate surface area is 132 Å². The second-order valence-electron chi connectivity index (χ2n) is 4.77. The van der Waals surface area contributed by atoms with Crippen LogP contribution in [0.25, 0.3) is 0 Å². The van der Waals surface area contributed by atoms with E-state index in [1.807, 2.05) is 60.7 Å². The number of benzene rings is 3. The molecule has 3 heteroatoms. The number of rotatable bonds is 4. The molecule has 3 rings (SSSR count). The summed E-state index contributed by atoms with van der Waals surface area (Å²) in [5.41, 5.74) is 1.50. The maximum absolute atomic E-state index is 13.3. The Kier molecular flexibility index (Phi) is 4.35. The third-order valence-electron chi connectivity index (χ3n) is 3.21. The highest BCUT2D eigenvalue weighted by Crippen LogP contribution is 2.31. The number of halogens is 1. The molecule has 0 saturated carbocycles. The summed E-state index contributed by atoms with van der Waals surface area (Å²) in [7, 11) is 0. The number of carbonyl (C=O) groups excluding carboxylic acids is 1. The molecular formula is C19H14FOS+. The van der Waals surface area contributed by atoms with E-state index in [4.69, 9.17) is 0 Å². The molecule has 0 aliphatic carbocycles. The molecule has 0 bridgehead atoms. The molecule has 0 aromatic heterocycles. The van der Waals surface area contributed by atoms with Crippen LogP contribution in [0.1, 0.15) is 11.1 Å². The largest absolute Gasteiger partial charge is 0.355 e. The van der Waals surface area contributed by atoms with Crippen LogP contribution in [-0.4, -0.2) is 10.6 Å². The van der Waals surface area contributed by atoms with Crippen LogP contribution in [0.5, 0.6) is 0 Å². The zero-order valence-electron chi connectivity index (χ0n) is 11.7. The molecule has 0 spiro atoms. The van der Waals surface area contributed by atoms with Gasteiger partial charge in [0.25, 0.3) is 0 Å². The Morgan fingerprint density at radius 1 is 0.818 bits per heavy atom. The van der Waals surface area contributed by atoms with E-state index in [2.05, 4.69) is 0 Å². The van der Waals surface area contributed by atoms with Gasteiger partial charge in [0, 0.05) is 9.79 Å². The summed E-state index contributed by atoms with van der Waals surface area (Å²) in [6, 6.07) is 23.4. The lowest BCUT2D eigenvalue weighted by molar-refractivity contribution is 0.624. The van der Waals surface area contributed by atoms with Crippen molar-refractivity contribution in [3.8, 4) is 0 Å². The summed E-state index contributed by atoms with van der Waals surface area (Å²) >= 11 is 1.43. The van der Waals surface area contributed by atoms with Crippen LogP contribution in [0.4, 0.5) is 4.39 Å². The summed E-state index contributed by atoms with van der Waals surface area (Å²) in [5.74, 6) is -0.0427. The number of hydrogen-bond acceptors (Lipinski definition) is 1. The summed E-state index contributed by atoms with van der Waals surface area (Å²) in [6.07, 6.45) is 0. The van der Waals surface area contributed by atoms with Crippen molar-refractivity contribution < 1.29 is 9.18 Å². The quantitative estimate of drug-likeness (QED) is 0.495. The fourth-order valence-corrected chi connectivity index (χ4v) is 3.15. The van der Waals surface area contributed by atoms with E-state index in [1.165, 1.54) is 23.9 Å². The molecule has 22 heavy (non-hydrogen) atoms. The summed E-state index contributed by atoms with van der Waals surface area (Å²) in [4.78, 5) is 12.2. The SMILES string of the molecule is [OH+]=C(c1ccccc1)c1ccccc1Sc1cccc(F)c1. The zero-order chi connectivity index (χ0) is 15.4. The van der Waals surface area contributed by atoms with Crippen molar-refractivity contribution in [2.45, 2.75) is 9.79 Å². The van der Waals surface area contributed by atoms with Gasteiger partial charge in [-0.2, -0.15) is 0 Å². The molecule has 108 valence electrons. The Balaban J connectivity index is 1.95. The lowest BCUT2D eigenvalue weighted by Crippen LogP contribution is -2.04. The van der Waals surface area contributed by atoms with Gasteiger partial charge in [0.2, 0.25) is 0 Å². The lowest BCUT2D eigenvalue weighted by Gasteiger charge is -2.05. The van der Waals surface area contributed by atoms with E-state index in [0.717, 1.165) is 20.9 Å². The molecule has 0 aliphatic rings. The average molecular weight is 309 g/mol. The number of hydrogen-bond donors (Lipinski definition) is 0. The van der Waals surface area contributed by atoms with Crippen molar-refractivity contribution in [1.82, 2.24) is 0 Å². The van der Waals surface area contributed by atoms with Gasteiger partial charge in [0.05, 0.1) is 11.1 Å². The van der Waals surface area contributed by atoms with E-state index in [9.17, 15) is 9.18 Å². The molecular weight excluding hydrogens is 295 g/mol. The van der Waals surface area contributed by atoms with Gasteiger partial charge >= 0.3 is 5.78 Å². The monoisotopic (exact) mass is 309 g/mol. The van der Waals surface area contributed by atoms with Crippen LogP contribution in [0.3, 0.4) is 0 Å². The zero-order valence-corrected chi connectivity index (χ0v) is 12.6. The van der Waals surface area contributed by atoms with Gasteiger partial charge in [-0.05, 0) is 42.5 Å². The number of ketones is 1. The molecule has 3 aromatic rings. The molecule has 0 unspecified atom stereocenters. The molecule has 0 aliphatic heterocycles. The normalized spacial score (nSPS) is 10.4. The minimum absolute atomic E-state index is 0.222. The molecule has 0 atom stereocenters. The minimum Gasteiger partial charge on any atom is -0.273 e. The Bertz CT molecular complexity index is 799. The van der Waals surface area contributed by atoms with Gasteiger partial charge < -0.3 is 0 Å². The van der Waals surface area contributed by atoms with Crippen LogP contribution in [-0.2, 0) is 0 Å². The summed E-state index contributed by atoms with van der Waals surface area (Å²) in [5, 5.41) is 0.